The van der Waals surface area contributed by atoms with Crippen molar-refractivity contribution in [1.29, 1.82) is 0 Å². The van der Waals surface area contributed by atoms with Gasteiger partial charge in [0, 0.05) is 0 Å². The largest absolute Gasteiger partial charge is 0.0622 e. The van der Waals surface area contributed by atoms with Crippen LogP contribution in [0.2, 0.25) is 0 Å². The minimum atomic E-state index is 0.191. The summed E-state index contributed by atoms with van der Waals surface area (Å²) >= 11 is 0. The van der Waals surface area contributed by atoms with Crippen molar-refractivity contribution in [3.8, 4) is 11.1 Å². The average molecular weight is 260 g/mol. The van der Waals surface area contributed by atoms with Gasteiger partial charge >= 0.3 is 0 Å². The third-order valence-corrected chi connectivity index (χ3v) is 3.83. The number of hydrogen-bond acceptors (Lipinski definition) is 0. The Morgan fingerprint density at radius 3 is 2.15 bits per heavy atom. The molecule has 100 valence electrons. The van der Waals surface area contributed by atoms with Crippen LogP contribution in [0.3, 0.4) is 0 Å². The fraction of sp³-hybridized carbons (Fsp3) is 0.200. The van der Waals surface area contributed by atoms with Gasteiger partial charge in [0.05, 0.1) is 0 Å². The van der Waals surface area contributed by atoms with Crippen molar-refractivity contribution in [1.82, 2.24) is 0 Å². The van der Waals surface area contributed by atoms with E-state index in [-0.39, 0.29) is 5.41 Å². The van der Waals surface area contributed by atoms with E-state index in [1.165, 1.54) is 27.5 Å². The summed E-state index contributed by atoms with van der Waals surface area (Å²) < 4.78 is 0. The summed E-state index contributed by atoms with van der Waals surface area (Å²) in [6, 6.07) is 24.0. The Labute approximate surface area is 121 Å². The van der Waals surface area contributed by atoms with Gasteiger partial charge in [-0.15, -0.1) is 0 Å². The summed E-state index contributed by atoms with van der Waals surface area (Å²) in [5, 5.41) is 2.64. The van der Waals surface area contributed by atoms with Crippen LogP contribution in [0, 0.1) is 0 Å². The molecular formula is C20H20. The lowest BCUT2D eigenvalue weighted by molar-refractivity contribution is 0.591. The molecule has 0 heteroatoms. The number of rotatable bonds is 1. The van der Waals surface area contributed by atoms with Crippen LogP contribution in [0.4, 0.5) is 0 Å². The standard InChI is InChI=1S/C20H20/c1-20(2,3)17-12-13-19-16(14-17)10-7-11-18(19)15-8-5-4-6-9-15/h4-14H,1-3H3. The molecule has 0 N–H and O–H groups in total. The van der Waals surface area contributed by atoms with Crippen LogP contribution in [0.25, 0.3) is 21.9 Å². The maximum absolute atomic E-state index is 2.32. The highest BCUT2D eigenvalue weighted by Crippen LogP contribution is 2.32. The molecule has 0 aromatic heterocycles. The second kappa shape index (κ2) is 4.79. The van der Waals surface area contributed by atoms with Gasteiger partial charge in [-0.05, 0) is 32.9 Å². The second-order valence-corrected chi connectivity index (χ2v) is 6.36. The highest BCUT2D eigenvalue weighted by molar-refractivity contribution is 5.97. The molecule has 3 rings (SSSR count). The highest BCUT2D eigenvalue weighted by atomic mass is 14.2. The van der Waals surface area contributed by atoms with Crippen molar-refractivity contribution in [2.75, 3.05) is 0 Å². The zero-order valence-corrected chi connectivity index (χ0v) is 12.4. The van der Waals surface area contributed by atoms with Crippen LogP contribution >= 0.6 is 0 Å². The molecule has 0 unspecified atom stereocenters. The maximum Gasteiger partial charge on any atom is -0.0105 e. The van der Waals surface area contributed by atoms with Gasteiger partial charge < -0.3 is 0 Å². The topological polar surface area (TPSA) is 0 Å². The van der Waals surface area contributed by atoms with E-state index in [2.05, 4.69) is 87.5 Å². The molecular weight excluding hydrogens is 240 g/mol. The molecule has 0 amide bonds. The minimum absolute atomic E-state index is 0.191. The number of benzene rings is 3. The van der Waals surface area contributed by atoms with E-state index in [0.29, 0.717) is 0 Å². The predicted octanol–water partition coefficient (Wildman–Crippen LogP) is 5.80. The van der Waals surface area contributed by atoms with E-state index in [0.717, 1.165) is 0 Å². The molecule has 0 spiro atoms. The van der Waals surface area contributed by atoms with Crippen molar-refractivity contribution in [3.05, 3.63) is 72.3 Å². The first-order valence-corrected chi connectivity index (χ1v) is 7.14. The SMILES string of the molecule is CC(C)(C)c1ccc2c(-c3ccccc3)cccc2c1. The van der Waals surface area contributed by atoms with E-state index >= 15 is 0 Å². The highest BCUT2D eigenvalue weighted by Gasteiger charge is 2.14. The first-order valence-electron chi connectivity index (χ1n) is 7.14. The number of hydrogen-bond donors (Lipinski definition) is 0. The molecule has 0 heterocycles. The van der Waals surface area contributed by atoms with Crippen molar-refractivity contribution in [2.24, 2.45) is 0 Å². The predicted molar refractivity (Wildman–Crippen MR) is 88.1 cm³/mol. The third kappa shape index (κ3) is 2.34. The zero-order valence-electron chi connectivity index (χ0n) is 12.4. The van der Waals surface area contributed by atoms with Gasteiger partial charge in [0.15, 0.2) is 0 Å². The van der Waals surface area contributed by atoms with Crippen LogP contribution in [0.1, 0.15) is 26.3 Å². The van der Waals surface area contributed by atoms with Gasteiger partial charge in [0.25, 0.3) is 0 Å². The van der Waals surface area contributed by atoms with Crippen LogP contribution in [0.5, 0.6) is 0 Å². The quantitative estimate of drug-likeness (QED) is 0.518. The van der Waals surface area contributed by atoms with Gasteiger partial charge in [-0.1, -0.05) is 87.5 Å². The lowest BCUT2D eigenvalue weighted by atomic mass is 9.85. The Morgan fingerprint density at radius 1 is 0.700 bits per heavy atom. The molecule has 0 atom stereocenters. The van der Waals surface area contributed by atoms with Crippen molar-refractivity contribution < 1.29 is 0 Å². The van der Waals surface area contributed by atoms with Crippen LogP contribution in [-0.4, -0.2) is 0 Å². The average Bonchev–Trinajstić information content (AvgIpc) is 2.46. The number of fused-ring (bicyclic) bond motifs is 1. The van der Waals surface area contributed by atoms with Crippen LogP contribution in [-0.2, 0) is 5.41 Å². The normalized spacial score (nSPS) is 11.8. The monoisotopic (exact) mass is 260 g/mol. The summed E-state index contributed by atoms with van der Waals surface area (Å²) in [7, 11) is 0. The smallest absolute Gasteiger partial charge is 0.0105 e. The van der Waals surface area contributed by atoms with Crippen molar-refractivity contribution in [3.63, 3.8) is 0 Å². The lowest BCUT2D eigenvalue weighted by Gasteiger charge is -2.20. The molecule has 3 aromatic rings. The molecule has 0 bridgehead atoms. The maximum atomic E-state index is 2.32. The van der Waals surface area contributed by atoms with Crippen LogP contribution in [0.15, 0.2) is 66.7 Å². The van der Waals surface area contributed by atoms with E-state index in [9.17, 15) is 0 Å². The van der Waals surface area contributed by atoms with Gasteiger partial charge in [-0.2, -0.15) is 0 Å². The fourth-order valence-electron chi connectivity index (χ4n) is 2.62. The summed E-state index contributed by atoms with van der Waals surface area (Å²) in [4.78, 5) is 0. The van der Waals surface area contributed by atoms with E-state index in [1.54, 1.807) is 0 Å². The summed E-state index contributed by atoms with van der Waals surface area (Å²) in [6.45, 7) is 6.78. The van der Waals surface area contributed by atoms with Gasteiger partial charge in [-0.3, -0.25) is 0 Å². The molecule has 0 aliphatic carbocycles. The summed E-state index contributed by atoms with van der Waals surface area (Å²) in [5.74, 6) is 0. The van der Waals surface area contributed by atoms with Gasteiger partial charge in [0.1, 0.15) is 0 Å². The first-order chi connectivity index (χ1) is 9.55. The minimum Gasteiger partial charge on any atom is -0.0622 e. The first kappa shape index (κ1) is 12.9. The Bertz CT molecular complexity index is 731. The summed E-state index contributed by atoms with van der Waals surface area (Å²) in [5.41, 5.74) is 4.16. The van der Waals surface area contributed by atoms with Crippen molar-refractivity contribution in [2.45, 2.75) is 26.2 Å². The molecule has 0 saturated carbocycles. The van der Waals surface area contributed by atoms with Crippen molar-refractivity contribution >= 4 is 10.8 Å². The second-order valence-electron chi connectivity index (χ2n) is 6.36. The van der Waals surface area contributed by atoms with E-state index in [4.69, 9.17) is 0 Å². The molecule has 0 fully saturated rings. The van der Waals surface area contributed by atoms with Gasteiger partial charge in [0.2, 0.25) is 0 Å². The third-order valence-electron chi connectivity index (χ3n) is 3.83. The zero-order chi connectivity index (χ0) is 14.2. The lowest BCUT2D eigenvalue weighted by Crippen LogP contribution is -2.10. The van der Waals surface area contributed by atoms with Crippen LogP contribution < -0.4 is 0 Å². The molecule has 0 aliphatic rings. The van der Waals surface area contributed by atoms with E-state index < -0.39 is 0 Å². The Balaban J connectivity index is 2.22. The molecule has 0 saturated heterocycles. The van der Waals surface area contributed by atoms with Gasteiger partial charge in [-0.25, -0.2) is 0 Å². The Hall–Kier alpha value is -2.08. The molecule has 0 radical (unpaired) electrons. The Morgan fingerprint density at radius 2 is 1.45 bits per heavy atom. The molecule has 0 aliphatic heterocycles. The molecule has 20 heavy (non-hydrogen) atoms. The summed E-state index contributed by atoms with van der Waals surface area (Å²) in [6.07, 6.45) is 0. The molecule has 0 nitrogen and oxygen atoms in total. The van der Waals surface area contributed by atoms with E-state index in [1.807, 2.05) is 0 Å². The fourth-order valence-corrected chi connectivity index (χ4v) is 2.62. The Kier molecular flexibility index (Phi) is 3.10. The molecule has 3 aromatic carbocycles.